The molecule has 1 N–H and O–H groups in total. The predicted octanol–water partition coefficient (Wildman–Crippen LogP) is 2.43. The number of carbonyl (C=O) groups excluding carboxylic acids is 2. The fourth-order valence-electron chi connectivity index (χ4n) is 3.42. The van der Waals surface area contributed by atoms with Crippen molar-refractivity contribution in [2.45, 2.75) is 25.3 Å². The van der Waals surface area contributed by atoms with E-state index in [1.165, 1.54) is 0 Å². The fraction of sp³-hybridized carbons (Fsp3) is 0.529. The molecule has 2 saturated heterocycles. The molecule has 1 atom stereocenters. The van der Waals surface area contributed by atoms with Crippen LogP contribution in [0.1, 0.15) is 19.3 Å². The van der Waals surface area contributed by atoms with Gasteiger partial charge in [0.25, 0.3) is 0 Å². The van der Waals surface area contributed by atoms with Crippen LogP contribution >= 0.6 is 28.3 Å². The van der Waals surface area contributed by atoms with Crippen molar-refractivity contribution in [2.75, 3.05) is 31.6 Å². The Morgan fingerprint density at radius 3 is 2.54 bits per heavy atom. The number of halogens is 2. The predicted molar refractivity (Wildman–Crippen MR) is 101 cm³/mol. The lowest BCUT2D eigenvalue weighted by atomic mass is 10.0. The molecule has 5 nitrogen and oxygen atoms in total. The number of hydrogen-bond acceptors (Lipinski definition) is 3. The van der Waals surface area contributed by atoms with Crippen LogP contribution in [-0.4, -0.2) is 49.4 Å². The van der Waals surface area contributed by atoms with E-state index in [1.807, 2.05) is 36.2 Å². The highest BCUT2D eigenvalue weighted by atomic mass is 79.9. The Morgan fingerprint density at radius 1 is 1.21 bits per heavy atom. The van der Waals surface area contributed by atoms with E-state index < -0.39 is 5.92 Å². The third-order valence-electron chi connectivity index (χ3n) is 4.84. The molecule has 2 fully saturated rings. The van der Waals surface area contributed by atoms with Crippen LogP contribution in [0.15, 0.2) is 28.7 Å². The number of amides is 2. The van der Waals surface area contributed by atoms with Crippen molar-refractivity contribution in [2.24, 2.45) is 5.92 Å². The molecule has 24 heavy (non-hydrogen) atoms. The van der Waals surface area contributed by atoms with Gasteiger partial charge in [-0.2, -0.15) is 0 Å². The number of piperidine rings is 1. The molecule has 0 aromatic heterocycles. The molecule has 0 bridgehead atoms. The van der Waals surface area contributed by atoms with Gasteiger partial charge in [-0.1, -0.05) is 22.0 Å². The lowest BCUT2D eigenvalue weighted by Crippen LogP contribution is -2.47. The van der Waals surface area contributed by atoms with Gasteiger partial charge in [-0.15, -0.1) is 12.4 Å². The molecule has 2 amide bonds. The van der Waals surface area contributed by atoms with Gasteiger partial charge in [0.2, 0.25) is 11.8 Å². The Balaban J connectivity index is 0.00000208. The average molecular weight is 417 g/mol. The average Bonchev–Trinajstić information content (AvgIpc) is 2.96. The fourth-order valence-corrected chi connectivity index (χ4v) is 3.81. The maximum atomic E-state index is 12.7. The van der Waals surface area contributed by atoms with Crippen LogP contribution in [0.5, 0.6) is 0 Å². The molecule has 2 heterocycles. The monoisotopic (exact) mass is 415 g/mol. The number of nitrogens with one attached hydrogen (secondary N) is 1. The van der Waals surface area contributed by atoms with Crippen molar-refractivity contribution in [1.29, 1.82) is 0 Å². The zero-order valence-electron chi connectivity index (χ0n) is 13.7. The Morgan fingerprint density at radius 2 is 1.92 bits per heavy atom. The molecule has 1 aromatic rings. The van der Waals surface area contributed by atoms with Crippen LogP contribution in [0.2, 0.25) is 0 Å². The summed E-state index contributed by atoms with van der Waals surface area (Å²) < 4.78 is 0.937. The number of benzene rings is 1. The van der Waals surface area contributed by atoms with Gasteiger partial charge in [0.05, 0.1) is 0 Å². The first kappa shape index (κ1) is 19.2. The summed E-state index contributed by atoms with van der Waals surface area (Å²) in [4.78, 5) is 29.0. The minimum absolute atomic E-state index is 0. The minimum Gasteiger partial charge on any atom is -0.342 e. The van der Waals surface area contributed by atoms with Crippen molar-refractivity contribution in [3.63, 3.8) is 0 Å². The zero-order chi connectivity index (χ0) is 16.4. The second-order valence-corrected chi connectivity index (χ2v) is 7.11. The summed E-state index contributed by atoms with van der Waals surface area (Å²) in [6.07, 6.45) is 2.52. The van der Waals surface area contributed by atoms with E-state index in [9.17, 15) is 9.59 Å². The molecule has 132 valence electrons. The molecule has 0 radical (unpaired) electrons. The van der Waals surface area contributed by atoms with E-state index in [2.05, 4.69) is 21.2 Å². The Labute approximate surface area is 157 Å². The molecule has 0 spiro atoms. The number of carbonyl (C=O) groups is 2. The highest BCUT2D eigenvalue weighted by Crippen LogP contribution is 2.29. The van der Waals surface area contributed by atoms with Gasteiger partial charge in [0.1, 0.15) is 5.92 Å². The van der Waals surface area contributed by atoms with E-state index in [0.717, 1.165) is 36.1 Å². The number of rotatable bonds is 3. The SMILES string of the molecule is CNC1CCN(C(=O)C2CCN(c3cccc(Br)c3)C2=O)CC1.Cl. The van der Waals surface area contributed by atoms with Crippen molar-refractivity contribution >= 4 is 45.8 Å². The maximum Gasteiger partial charge on any atom is 0.239 e. The van der Waals surface area contributed by atoms with Crippen LogP contribution in [0.4, 0.5) is 5.69 Å². The molecule has 1 aromatic carbocycles. The topological polar surface area (TPSA) is 52.7 Å². The molecule has 3 rings (SSSR count). The number of likely N-dealkylation sites (tertiary alicyclic amines) is 1. The van der Waals surface area contributed by atoms with Gasteiger partial charge in [-0.25, -0.2) is 0 Å². The number of hydrogen-bond donors (Lipinski definition) is 1. The van der Waals surface area contributed by atoms with Crippen LogP contribution in [0, 0.1) is 5.92 Å². The molecular formula is C17H23BrClN3O2. The maximum absolute atomic E-state index is 12.7. The van der Waals surface area contributed by atoms with Crippen molar-refractivity contribution in [3.8, 4) is 0 Å². The van der Waals surface area contributed by atoms with Crippen molar-refractivity contribution < 1.29 is 9.59 Å². The summed E-state index contributed by atoms with van der Waals surface area (Å²) >= 11 is 3.43. The van der Waals surface area contributed by atoms with E-state index in [1.54, 1.807) is 4.90 Å². The normalized spacial score (nSPS) is 21.8. The second kappa shape index (κ2) is 8.32. The number of nitrogens with zero attached hydrogens (tertiary/aromatic N) is 2. The van der Waals surface area contributed by atoms with Gasteiger partial charge < -0.3 is 15.1 Å². The smallest absolute Gasteiger partial charge is 0.239 e. The minimum atomic E-state index is -0.514. The third kappa shape index (κ3) is 3.92. The quantitative estimate of drug-likeness (QED) is 0.770. The van der Waals surface area contributed by atoms with Crippen LogP contribution in [0.25, 0.3) is 0 Å². The molecule has 2 aliphatic rings. The summed E-state index contributed by atoms with van der Waals surface area (Å²) in [5.74, 6) is -0.578. The molecule has 7 heteroatoms. The summed E-state index contributed by atoms with van der Waals surface area (Å²) in [6, 6.07) is 8.15. The molecule has 0 saturated carbocycles. The molecule has 0 aliphatic carbocycles. The first-order chi connectivity index (χ1) is 11.1. The summed E-state index contributed by atoms with van der Waals surface area (Å²) in [5.41, 5.74) is 0.855. The van der Waals surface area contributed by atoms with Gasteiger partial charge in [-0.3, -0.25) is 9.59 Å². The zero-order valence-corrected chi connectivity index (χ0v) is 16.1. The highest BCUT2D eigenvalue weighted by Gasteiger charge is 2.40. The standard InChI is InChI=1S/C17H22BrN3O2.ClH/c1-19-13-5-8-20(9-6-13)16(22)15-7-10-21(17(15)23)14-4-2-3-12(18)11-14;/h2-4,11,13,15,19H,5-10H2,1H3;1H. The molecular weight excluding hydrogens is 394 g/mol. The first-order valence-corrected chi connectivity index (χ1v) is 8.92. The number of anilines is 1. The summed E-state index contributed by atoms with van der Waals surface area (Å²) in [6.45, 7) is 2.09. The Hall–Kier alpha value is -1.11. The lowest BCUT2D eigenvalue weighted by molar-refractivity contribution is -0.140. The highest BCUT2D eigenvalue weighted by molar-refractivity contribution is 9.10. The van der Waals surface area contributed by atoms with Crippen molar-refractivity contribution in [3.05, 3.63) is 28.7 Å². The second-order valence-electron chi connectivity index (χ2n) is 6.20. The summed E-state index contributed by atoms with van der Waals surface area (Å²) in [5, 5.41) is 3.26. The lowest BCUT2D eigenvalue weighted by Gasteiger charge is -2.33. The van der Waals surface area contributed by atoms with Gasteiger partial charge in [0, 0.05) is 35.8 Å². The van der Waals surface area contributed by atoms with Gasteiger partial charge in [0.15, 0.2) is 0 Å². The van der Waals surface area contributed by atoms with Crippen LogP contribution < -0.4 is 10.2 Å². The van der Waals surface area contributed by atoms with E-state index >= 15 is 0 Å². The van der Waals surface area contributed by atoms with Gasteiger partial charge >= 0.3 is 0 Å². The molecule has 2 aliphatic heterocycles. The summed E-state index contributed by atoms with van der Waals surface area (Å²) in [7, 11) is 1.96. The van der Waals surface area contributed by atoms with Crippen molar-refractivity contribution in [1.82, 2.24) is 10.2 Å². The van der Waals surface area contributed by atoms with E-state index in [0.29, 0.717) is 19.0 Å². The van der Waals surface area contributed by atoms with Gasteiger partial charge in [-0.05, 0) is 44.5 Å². The van der Waals surface area contributed by atoms with Crippen LogP contribution in [0.3, 0.4) is 0 Å². The molecule has 1 unspecified atom stereocenters. The van der Waals surface area contributed by atoms with Crippen LogP contribution in [-0.2, 0) is 9.59 Å². The Bertz CT molecular complexity index is 605. The van der Waals surface area contributed by atoms with E-state index in [-0.39, 0.29) is 24.2 Å². The first-order valence-electron chi connectivity index (χ1n) is 8.13. The largest absolute Gasteiger partial charge is 0.342 e. The third-order valence-corrected chi connectivity index (χ3v) is 5.33. The van der Waals surface area contributed by atoms with E-state index in [4.69, 9.17) is 0 Å². The Kier molecular flexibility index (Phi) is 6.66.